The van der Waals surface area contributed by atoms with Crippen LogP contribution in [0.25, 0.3) is 0 Å². The van der Waals surface area contributed by atoms with Crippen molar-refractivity contribution in [2.45, 2.75) is 19.9 Å². The number of ether oxygens (including phenoxy) is 1. The van der Waals surface area contributed by atoms with E-state index in [2.05, 4.69) is 0 Å². The number of hydrogen-bond donors (Lipinski definition) is 0. The zero-order valence-corrected chi connectivity index (χ0v) is 11.5. The zero-order valence-electron chi connectivity index (χ0n) is 11.5. The van der Waals surface area contributed by atoms with Gasteiger partial charge < -0.3 is 9.64 Å². The minimum atomic E-state index is -0.586. The van der Waals surface area contributed by atoms with Crippen molar-refractivity contribution in [2.75, 3.05) is 13.7 Å². The van der Waals surface area contributed by atoms with Crippen molar-refractivity contribution in [2.24, 2.45) is 0 Å². The van der Waals surface area contributed by atoms with E-state index in [0.717, 1.165) is 5.56 Å². The maximum Gasteiger partial charge on any atom is 0.350 e. The molecule has 1 aromatic carbocycles. The first-order valence-corrected chi connectivity index (χ1v) is 6.16. The highest BCUT2D eigenvalue weighted by Crippen LogP contribution is 2.19. The molecule has 0 fully saturated rings. The lowest BCUT2D eigenvalue weighted by Crippen LogP contribution is -2.18. The number of carbonyl (C=O) groups excluding carboxylic acids is 1. The maximum atomic E-state index is 11.5. The number of esters is 1. The monoisotopic (exact) mass is 258 g/mol. The fraction of sp³-hybridized carbons (Fsp3) is 0.333. The lowest BCUT2D eigenvalue weighted by molar-refractivity contribution is -0.138. The molecule has 100 valence electrons. The van der Waals surface area contributed by atoms with Gasteiger partial charge in [0.2, 0.25) is 0 Å². The van der Waals surface area contributed by atoms with Gasteiger partial charge in [-0.25, -0.2) is 4.79 Å². The maximum absolute atomic E-state index is 11.5. The van der Waals surface area contributed by atoms with Gasteiger partial charge in [-0.2, -0.15) is 5.26 Å². The molecule has 0 radical (unpaired) electrons. The van der Waals surface area contributed by atoms with E-state index in [1.54, 1.807) is 6.92 Å². The topological polar surface area (TPSA) is 53.3 Å². The summed E-state index contributed by atoms with van der Waals surface area (Å²) in [7, 11) is 1.83. The minimum Gasteiger partial charge on any atom is -0.462 e. The molecule has 0 amide bonds. The molecule has 0 aliphatic carbocycles. The van der Waals surface area contributed by atoms with E-state index >= 15 is 0 Å². The van der Waals surface area contributed by atoms with Crippen LogP contribution in [0.4, 0.5) is 0 Å². The summed E-state index contributed by atoms with van der Waals surface area (Å²) in [6, 6.07) is 11.8. The predicted octanol–water partition coefficient (Wildman–Crippen LogP) is 2.65. The summed E-state index contributed by atoms with van der Waals surface area (Å²) in [6.07, 6.45) is 1.52. The molecule has 0 N–H and O–H groups in total. The Morgan fingerprint density at radius 1 is 1.47 bits per heavy atom. The summed E-state index contributed by atoms with van der Waals surface area (Å²) < 4.78 is 4.82. The fourth-order valence-corrected chi connectivity index (χ4v) is 1.62. The Balaban J connectivity index is 2.85. The van der Waals surface area contributed by atoms with E-state index in [9.17, 15) is 4.79 Å². The number of carbonyl (C=O) groups is 1. The van der Waals surface area contributed by atoms with Crippen LogP contribution in [0.5, 0.6) is 0 Å². The third-order valence-electron chi connectivity index (χ3n) is 2.84. The molecule has 0 aliphatic heterocycles. The van der Waals surface area contributed by atoms with E-state index in [1.165, 1.54) is 6.20 Å². The van der Waals surface area contributed by atoms with Crippen LogP contribution < -0.4 is 0 Å². The first-order valence-electron chi connectivity index (χ1n) is 6.16. The molecule has 0 aliphatic rings. The average Bonchev–Trinajstić information content (AvgIpc) is 2.44. The van der Waals surface area contributed by atoms with Gasteiger partial charge in [0.1, 0.15) is 6.07 Å². The molecule has 19 heavy (non-hydrogen) atoms. The Hall–Kier alpha value is -2.28. The second kappa shape index (κ2) is 7.22. The van der Waals surface area contributed by atoms with Gasteiger partial charge >= 0.3 is 5.97 Å². The van der Waals surface area contributed by atoms with Crippen molar-refractivity contribution in [3.05, 3.63) is 47.7 Å². The van der Waals surface area contributed by atoms with E-state index in [0.29, 0.717) is 0 Å². The highest BCUT2D eigenvalue weighted by molar-refractivity contribution is 5.92. The Bertz CT molecular complexity index is 489. The number of nitrogens with zero attached hydrogens (tertiary/aromatic N) is 2. The Labute approximate surface area is 113 Å². The van der Waals surface area contributed by atoms with Gasteiger partial charge in [-0.05, 0) is 19.4 Å². The molecule has 0 bridgehead atoms. The van der Waals surface area contributed by atoms with Crippen LogP contribution in [0.2, 0.25) is 0 Å². The van der Waals surface area contributed by atoms with Gasteiger partial charge in [-0.3, -0.25) is 0 Å². The SMILES string of the molecule is CCOC(=O)/C(C#N)=C/N(C)[C@H](C)c1ccccc1. The van der Waals surface area contributed by atoms with Gasteiger partial charge in [0.25, 0.3) is 0 Å². The fourth-order valence-electron chi connectivity index (χ4n) is 1.62. The van der Waals surface area contributed by atoms with E-state index in [4.69, 9.17) is 10.00 Å². The number of benzene rings is 1. The highest BCUT2D eigenvalue weighted by atomic mass is 16.5. The van der Waals surface area contributed by atoms with Gasteiger partial charge in [0, 0.05) is 13.2 Å². The van der Waals surface area contributed by atoms with Gasteiger partial charge in [-0.1, -0.05) is 30.3 Å². The second-order valence-corrected chi connectivity index (χ2v) is 4.13. The molecule has 0 aromatic heterocycles. The van der Waals surface area contributed by atoms with Crippen LogP contribution in [0.1, 0.15) is 25.5 Å². The molecule has 1 rings (SSSR count). The Morgan fingerprint density at radius 3 is 2.63 bits per heavy atom. The molecule has 4 heteroatoms. The molecule has 0 saturated heterocycles. The molecule has 4 nitrogen and oxygen atoms in total. The number of hydrogen-bond acceptors (Lipinski definition) is 4. The van der Waals surface area contributed by atoms with E-state index in [-0.39, 0.29) is 18.2 Å². The number of rotatable bonds is 5. The van der Waals surface area contributed by atoms with E-state index in [1.807, 2.05) is 55.3 Å². The van der Waals surface area contributed by atoms with Gasteiger partial charge in [0.15, 0.2) is 5.57 Å². The zero-order chi connectivity index (χ0) is 14.3. The molecular weight excluding hydrogens is 240 g/mol. The molecular formula is C15H18N2O2. The van der Waals surface area contributed by atoms with Crippen molar-refractivity contribution in [1.82, 2.24) is 4.90 Å². The Kier molecular flexibility index (Phi) is 5.62. The summed E-state index contributed by atoms with van der Waals surface area (Å²) in [5, 5.41) is 8.98. The summed E-state index contributed by atoms with van der Waals surface area (Å²) in [5.41, 5.74) is 1.12. The normalized spacial score (nSPS) is 12.4. The quantitative estimate of drug-likeness (QED) is 0.463. The molecule has 0 spiro atoms. The van der Waals surface area contributed by atoms with Crippen molar-refractivity contribution in [3.8, 4) is 6.07 Å². The van der Waals surface area contributed by atoms with Gasteiger partial charge in [-0.15, -0.1) is 0 Å². The number of nitriles is 1. The Morgan fingerprint density at radius 2 is 2.11 bits per heavy atom. The lowest BCUT2D eigenvalue weighted by Gasteiger charge is -2.23. The van der Waals surface area contributed by atoms with Crippen LogP contribution >= 0.6 is 0 Å². The summed E-state index contributed by atoms with van der Waals surface area (Å²) in [5.74, 6) is -0.586. The summed E-state index contributed by atoms with van der Waals surface area (Å²) in [6.45, 7) is 3.98. The van der Waals surface area contributed by atoms with E-state index < -0.39 is 5.97 Å². The second-order valence-electron chi connectivity index (χ2n) is 4.13. The van der Waals surface area contributed by atoms with Crippen LogP contribution in [0.15, 0.2) is 42.1 Å². The van der Waals surface area contributed by atoms with Crippen LogP contribution in [-0.2, 0) is 9.53 Å². The standard InChI is InChI=1S/C15H18N2O2/c1-4-19-15(18)14(10-16)11-17(3)12(2)13-8-6-5-7-9-13/h5-9,11-12H,4H2,1-3H3/b14-11+/t12-/m1/s1. The predicted molar refractivity (Wildman–Crippen MR) is 72.9 cm³/mol. The minimum absolute atomic E-state index is 0.00660. The molecule has 0 saturated carbocycles. The third-order valence-corrected chi connectivity index (χ3v) is 2.84. The van der Waals surface area contributed by atoms with Crippen LogP contribution in [0, 0.1) is 11.3 Å². The average molecular weight is 258 g/mol. The van der Waals surface area contributed by atoms with Crippen molar-refractivity contribution >= 4 is 5.97 Å². The highest BCUT2D eigenvalue weighted by Gasteiger charge is 2.14. The van der Waals surface area contributed by atoms with Gasteiger partial charge in [0.05, 0.1) is 12.6 Å². The molecule has 0 heterocycles. The molecule has 1 atom stereocenters. The molecule has 1 aromatic rings. The largest absolute Gasteiger partial charge is 0.462 e. The lowest BCUT2D eigenvalue weighted by atomic mass is 10.1. The first kappa shape index (κ1) is 14.8. The van der Waals surface area contributed by atoms with Crippen molar-refractivity contribution in [1.29, 1.82) is 5.26 Å². The van der Waals surface area contributed by atoms with Crippen molar-refractivity contribution < 1.29 is 9.53 Å². The summed E-state index contributed by atoms with van der Waals surface area (Å²) >= 11 is 0. The molecule has 0 unspecified atom stereocenters. The van der Waals surface area contributed by atoms with Crippen molar-refractivity contribution in [3.63, 3.8) is 0 Å². The summed E-state index contributed by atoms with van der Waals surface area (Å²) in [4.78, 5) is 13.4. The smallest absolute Gasteiger partial charge is 0.350 e. The van der Waals surface area contributed by atoms with Crippen LogP contribution in [-0.4, -0.2) is 24.5 Å². The van der Waals surface area contributed by atoms with Crippen LogP contribution in [0.3, 0.4) is 0 Å². The third kappa shape index (κ3) is 4.14. The first-order chi connectivity index (χ1) is 9.10.